The minimum atomic E-state index is -0.178. The summed E-state index contributed by atoms with van der Waals surface area (Å²) >= 11 is 0. The maximum Gasteiger partial charge on any atom is 0.315 e. The Morgan fingerprint density at radius 1 is 1.35 bits per heavy atom. The van der Waals surface area contributed by atoms with Gasteiger partial charge in [0.1, 0.15) is 0 Å². The highest BCUT2D eigenvalue weighted by atomic mass is 16.5. The smallest absolute Gasteiger partial charge is 0.315 e. The molecule has 0 radical (unpaired) electrons. The van der Waals surface area contributed by atoms with E-state index < -0.39 is 0 Å². The fraction of sp³-hybridized carbons (Fsp3) is 0.929. The molecule has 1 saturated carbocycles. The van der Waals surface area contributed by atoms with Gasteiger partial charge in [0.05, 0.1) is 12.7 Å². The molecule has 1 saturated heterocycles. The number of ether oxygens (including phenoxy) is 1. The molecule has 116 valence electrons. The molecule has 2 amide bonds. The molecule has 20 heavy (non-hydrogen) atoms. The number of piperidine rings is 1. The van der Waals surface area contributed by atoms with Crippen LogP contribution in [0.25, 0.3) is 0 Å². The second kappa shape index (κ2) is 7.81. The summed E-state index contributed by atoms with van der Waals surface area (Å²) in [7, 11) is 1.62. The van der Waals surface area contributed by atoms with E-state index in [0.717, 1.165) is 38.8 Å². The van der Waals surface area contributed by atoms with E-state index in [-0.39, 0.29) is 18.2 Å². The number of carbonyl (C=O) groups is 1. The van der Waals surface area contributed by atoms with E-state index in [2.05, 4.69) is 16.0 Å². The van der Waals surface area contributed by atoms with Gasteiger partial charge in [-0.1, -0.05) is 0 Å². The van der Waals surface area contributed by atoms with Gasteiger partial charge in [-0.2, -0.15) is 0 Å². The molecule has 1 aliphatic carbocycles. The van der Waals surface area contributed by atoms with Crippen LogP contribution in [0, 0.1) is 11.8 Å². The lowest BCUT2D eigenvalue weighted by Gasteiger charge is -2.43. The van der Waals surface area contributed by atoms with Crippen LogP contribution in [0.4, 0.5) is 4.79 Å². The van der Waals surface area contributed by atoms with Crippen molar-refractivity contribution in [2.75, 3.05) is 33.4 Å². The van der Waals surface area contributed by atoms with Crippen LogP contribution < -0.4 is 16.0 Å². The summed E-state index contributed by atoms with van der Waals surface area (Å²) in [6, 6.07) is 0.0648. The SMILES string of the molecule is COCCNC(=O)N[C@@H](C1CCNCC1)C1CC(O)C1. The first-order valence-corrected chi connectivity index (χ1v) is 7.62. The number of hydrogen-bond acceptors (Lipinski definition) is 4. The van der Waals surface area contributed by atoms with E-state index in [1.165, 1.54) is 0 Å². The third kappa shape index (κ3) is 4.33. The van der Waals surface area contributed by atoms with Crippen LogP contribution in [0.15, 0.2) is 0 Å². The molecule has 6 nitrogen and oxygen atoms in total. The van der Waals surface area contributed by atoms with Gasteiger partial charge in [-0.3, -0.25) is 0 Å². The zero-order chi connectivity index (χ0) is 14.4. The maximum absolute atomic E-state index is 11.9. The summed E-state index contributed by atoms with van der Waals surface area (Å²) < 4.78 is 4.92. The van der Waals surface area contributed by atoms with E-state index >= 15 is 0 Å². The lowest BCUT2D eigenvalue weighted by Crippen LogP contribution is -2.55. The Hall–Kier alpha value is -0.850. The van der Waals surface area contributed by atoms with Crippen molar-refractivity contribution in [3.63, 3.8) is 0 Å². The second-order valence-corrected chi connectivity index (χ2v) is 5.89. The number of aliphatic hydroxyl groups is 1. The van der Waals surface area contributed by atoms with Crippen LogP contribution >= 0.6 is 0 Å². The molecule has 1 heterocycles. The molecule has 2 fully saturated rings. The lowest BCUT2D eigenvalue weighted by atomic mass is 9.71. The number of aliphatic hydroxyl groups excluding tert-OH is 1. The first-order chi connectivity index (χ1) is 9.70. The highest BCUT2D eigenvalue weighted by Crippen LogP contribution is 2.35. The van der Waals surface area contributed by atoms with Crippen molar-refractivity contribution in [1.29, 1.82) is 0 Å². The second-order valence-electron chi connectivity index (χ2n) is 5.89. The molecule has 6 heteroatoms. The summed E-state index contributed by atoms with van der Waals surface area (Å²) in [6.07, 6.45) is 3.63. The lowest BCUT2D eigenvalue weighted by molar-refractivity contribution is 0.0116. The number of amides is 2. The van der Waals surface area contributed by atoms with E-state index in [1.807, 2.05) is 0 Å². The van der Waals surface area contributed by atoms with Gasteiger partial charge in [0, 0.05) is 19.7 Å². The van der Waals surface area contributed by atoms with Gasteiger partial charge in [0.25, 0.3) is 0 Å². The number of nitrogens with one attached hydrogen (secondary N) is 3. The first-order valence-electron chi connectivity index (χ1n) is 7.62. The molecule has 0 aromatic carbocycles. The highest BCUT2D eigenvalue weighted by Gasteiger charge is 2.39. The Bertz CT molecular complexity index is 302. The topological polar surface area (TPSA) is 82.6 Å². The third-order valence-corrected chi connectivity index (χ3v) is 4.44. The van der Waals surface area contributed by atoms with Crippen molar-refractivity contribution in [2.45, 2.75) is 37.8 Å². The van der Waals surface area contributed by atoms with Crippen molar-refractivity contribution in [3.05, 3.63) is 0 Å². The van der Waals surface area contributed by atoms with Crippen molar-refractivity contribution in [1.82, 2.24) is 16.0 Å². The average molecular weight is 285 g/mol. The molecule has 0 spiro atoms. The molecule has 1 aliphatic heterocycles. The Morgan fingerprint density at radius 3 is 2.65 bits per heavy atom. The Balaban J connectivity index is 1.83. The summed E-state index contributed by atoms with van der Waals surface area (Å²) in [4.78, 5) is 11.9. The van der Waals surface area contributed by atoms with Crippen molar-refractivity contribution in [3.8, 4) is 0 Å². The summed E-state index contributed by atoms with van der Waals surface area (Å²) in [5, 5.41) is 18.8. The maximum atomic E-state index is 11.9. The molecule has 2 aliphatic rings. The monoisotopic (exact) mass is 285 g/mol. The van der Waals surface area contributed by atoms with E-state index in [9.17, 15) is 9.90 Å². The molecule has 1 atom stereocenters. The normalized spacial score (nSPS) is 28.5. The number of methoxy groups -OCH3 is 1. The zero-order valence-electron chi connectivity index (χ0n) is 12.2. The molecule has 0 unspecified atom stereocenters. The first kappa shape index (κ1) is 15.5. The highest BCUT2D eigenvalue weighted by molar-refractivity contribution is 5.74. The van der Waals surface area contributed by atoms with Crippen LogP contribution in [-0.2, 0) is 4.74 Å². The Labute approximate surface area is 120 Å². The average Bonchev–Trinajstić information content (AvgIpc) is 2.43. The van der Waals surface area contributed by atoms with E-state index in [4.69, 9.17) is 4.74 Å². The third-order valence-electron chi connectivity index (χ3n) is 4.44. The van der Waals surface area contributed by atoms with Crippen LogP contribution in [0.2, 0.25) is 0 Å². The van der Waals surface area contributed by atoms with Crippen molar-refractivity contribution < 1.29 is 14.6 Å². The predicted octanol–water partition coefficient (Wildman–Crippen LogP) is 0.0711. The fourth-order valence-electron chi connectivity index (χ4n) is 3.22. The minimum absolute atomic E-state index is 0.119. The predicted molar refractivity (Wildman–Crippen MR) is 76.5 cm³/mol. The number of carbonyl (C=O) groups excluding carboxylic acids is 1. The van der Waals surface area contributed by atoms with Gasteiger partial charge in [-0.05, 0) is 50.6 Å². The summed E-state index contributed by atoms with van der Waals surface area (Å²) in [5.74, 6) is 0.934. The fourth-order valence-corrected chi connectivity index (χ4v) is 3.22. The van der Waals surface area contributed by atoms with Crippen LogP contribution in [-0.4, -0.2) is 56.6 Å². The number of urea groups is 1. The number of rotatable bonds is 6. The van der Waals surface area contributed by atoms with Crippen LogP contribution in [0.5, 0.6) is 0 Å². The zero-order valence-corrected chi connectivity index (χ0v) is 12.2. The van der Waals surface area contributed by atoms with Crippen molar-refractivity contribution >= 4 is 6.03 Å². The number of hydrogen-bond donors (Lipinski definition) is 4. The molecule has 2 rings (SSSR count). The van der Waals surface area contributed by atoms with E-state index in [0.29, 0.717) is 25.0 Å². The molecular formula is C14H27N3O3. The van der Waals surface area contributed by atoms with E-state index in [1.54, 1.807) is 7.11 Å². The van der Waals surface area contributed by atoms with Crippen LogP contribution in [0.1, 0.15) is 25.7 Å². The van der Waals surface area contributed by atoms with Crippen LogP contribution in [0.3, 0.4) is 0 Å². The minimum Gasteiger partial charge on any atom is -0.393 e. The Kier molecular flexibility index (Phi) is 6.06. The van der Waals surface area contributed by atoms with Gasteiger partial charge in [-0.25, -0.2) is 4.79 Å². The van der Waals surface area contributed by atoms with Gasteiger partial charge < -0.3 is 25.8 Å². The molecule has 4 N–H and O–H groups in total. The van der Waals surface area contributed by atoms with Gasteiger partial charge >= 0.3 is 6.03 Å². The van der Waals surface area contributed by atoms with Gasteiger partial charge in [0.2, 0.25) is 0 Å². The summed E-state index contributed by atoms with van der Waals surface area (Å²) in [5.41, 5.74) is 0. The Morgan fingerprint density at radius 2 is 2.05 bits per heavy atom. The molecule has 0 bridgehead atoms. The van der Waals surface area contributed by atoms with Crippen molar-refractivity contribution in [2.24, 2.45) is 11.8 Å². The largest absolute Gasteiger partial charge is 0.393 e. The quantitative estimate of drug-likeness (QED) is 0.521. The molecule has 0 aromatic heterocycles. The van der Waals surface area contributed by atoms with Gasteiger partial charge in [0.15, 0.2) is 0 Å². The van der Waals surface area contributed by atoms with Gasteiger partial charge in [-0.15, -0.1) is 0 Å². The molecular weight excluding hydrogens is 258 g/mol. The summed E-state index contributed by atoms with van der Waals surface area (Å²) in [6.45, 7) is 3.08. The molecule has 0 aromatic rings. The standard InChI is InChI=1S/C14H27N3O3/c1-20-7-6-16-14(19)17-13(11-8-12(18)9-11)10-2-4-15-5-3-10/h10-13,15,18H,2-9H2,1H3,(H2,16,17,19)/t11?,12?,13-/m0/s1.